The number of amides is 3. The standard InChI is InChI=1S/C14H19N3O2/c1-4-9-15-14(19)16-12-8-6-5-7-11(12)10-13(18)17(2)3/h4-8H,1,9-10H2,2-3H3,(H2,15,16,19). The summed E-state index contributed by atoms with van der Waals surface area (Å²) in [6.45, 7) is 3.92. The van der Waals surface area contributed by atoms with Gasteiger partial charge in [0.05, 0.1) is 6.42 Å². The van der Waals surface area contributed by atoms with Crippen molar-refractivity contribution in [1.29, 1.82) is 0 Å². The highest BCUT2D eigenvalue weighted by Gasteiger charge is 2.10. The summed E-state index contributed by atoms with van der Waals surface area (Å²) in [5.41, 5.74) is 1.43. The third-order valence-electron chi connectivity index (χ3n) is 2.51. The topological polar surface area (TPSA) is 61.4 Å². The van der Waals surface area contributed by atoms with E-state index in [-0.39, 0.29) is 18.4 Å². The Kier molecular flexibility index (Phi) is 5.60. The van der Waals surface area contributed by atoms with Gasteiger partial charge in [0.1, 0.15) is 0 Å². The summed E-state index contributed by atoms with van der Waals surface area (Å²) in [5, 5.41) is 5.34. The summed E-state index contributed by atoms with van der Waals surface area (Å²) >= 11 is 0. The Morgan fingerprint density at radius 3 is 2.63 bits per heavy atom. The Labute approximate surface area is 113 Å². The summed E-state index contributed by atoms with van der Waals surface area (Å²) in [4.78, 5) is 24.8. The Morgan fingerprint density at radius 2 is 2.00 bits per heavy atom. The normalized spacial score (nSPS) is 9.58. The first-order valence-corrected chi connectivity index (χ1v) is 5.98. The first-order valence-electron chi connectivity index (χ1n) is 5.98. The van der Waals surface area contributed by atoms with Crippen molar-refractivity contribution >= 4 is 17.6 Å². The van der Waals surface area contributed by atoms with E-state index in [1.165, 1.54) is 4.90 Å². The van der Waals surface area contributed by atoms with Crippen LogP contribution in [-0.4, -0.2) is 37.5 Å². The second kappa shape index (κ2) is 7.20. The lowest BCUT2D eigenvalue weighted by molar-refractivity contribution is -0.127. The smallest absolute Gasteiger partial charge is 0.319 e. The third-order valence-corrected chi connectivity index (χ3v) is 2.51. The molecule has 1 rings (SSSR count). The molecule has 0 saturated carbocycles. The fourth-order valence-corrected chi connectivity index (χ4v) is 1.45. The molecule has 0 aliphatic rings. The number of benzene rings is 1. The van der Waals surface area contributed by atoms with E-state index in [0.29, 0.717) is 12.2 Å². The summed E-state index contributed by atoms with van der Waals surface area (Å²) in [7, 11) is 3.41. The molecule has 1 aromatic rings. The molecule has 19 heavy (non-hydrogen) atoms. The molecule has 0 aliphatic carbocycles. The quantitative estimate of drug-likeness (QED) is 0.791. The molecule has 0 heterocycles. The van der Waals surface area contributed by atoms with Crippen LogP contribution in [0.5, 0.6) is 0 Å². The third kappa shape index (κ3) is 4.83. The van der Waals surface area contributed by atoms with E-state index in [0.717, 1.165) is 5.56 Å². The number of carbonyl (C=O) groups excluding carboxylic acids is 2. The second-order valence-corrected chi connectivity index (χ2v) is 4.25. The van der Waals surface area contributed by atoms with Crippen LogP contribution in [0.4, 0.5) is 10.5 Å². The maximum absolute atomic E-state index is 11.7. The molecule has 5 heteroatoms. The molecule has 0 aromatic heterocycles. The predicted molar refractivity (Wildman–Crippen MR) is 76.1 cm³/mol. The van der Waals surface area contributed by atoms with E-state index >= 15 is 0 Å². The van der Waals surface area contributed by atoms with Gasteiger partial charge >= 0.3 is 6.03 Å². The van der Waals surface area contributed by atoms with Gasteiger partial charge in [-0.2, -0.15) is 0 Å². The molecule has 1 aromatic carbocycles. The van der Waals surface area contributed by atoms with E-state index in [1.807, 2.05) is 18.2 Å². The predicted octanol–water partition coefficient (Wildman–Crippen LogP) is 1.62. The number of carbonyl (C=O) groups is 2. The van der Waals surface area contributed by atoms with Crippen LogP contribution in [0.3, 0.4) is 0 Å². The minimum Gasteiger partial charge on any atom is -0.349 e. The van der Waals surface area contributed by atoms with Gasteiger partial charge in [-0.05, 0) is 11.6 Å². The first kappa shape index (κ1) is 14.8. The summed E-state index contributed by atoms with van der Waals surface area (Å²) in [6, 6.07) is 6.93. The Balaban J connectivity index is 2.75. The maximum Gasteiger partial charge on any atom is 0.319 e. The van der Waals surface area contributed by atoms with Gasteiger partial charge in [-0.25, -0.2) is 4.79 Å². The van der Waals surface area contributed by atoms with Crippen molar-refractivity contribution in [3.05, 3.63) is 42.5 Å². The van der Waals surface area contributed by atoms with Crippen molar-refractivity contribution in [1.82, 2.24) is 10.2 Å². The van der Waals surface area contributed by atoms with Crippen LogP contribution in [0.1, 0.15) is 5.56 Å². The van der Waals surface area contributed by atoms with E-state index in [2.05, 4.69) is 17.2 Å². The summed E-state index contributed by atoms with van der Waals surface area (Å²) < 4.78 is 0. The number of nitrogens with zero attached hydrogens (tertiary/aromatic N) is 1. The molecule has 0 radical (unpaired) electrons. The Bertz CT molecular complexity index is 470. The lowest BCUT2D eigenvalue weighted by Crippen LogP contribution is -2.29. The number of rotatable bonds is 5. The van der Waals surface area contributed by atoms with Gasteiger partial charge in [-0.3, -0.25) is 4.79 Å². The minimum absolute atomic E-state index is 0.0132. The Hall–Kier alpha value is -2.30. The van der Waals surface area contributed by atoms with E-state index in [4.69, 9.17) is 0 Å². The average molecular weight is 261 g/mol. The largest absolute Gasteiger partial charge is 0.349 e. The molecule has 5 nitrogen and oxygen atoms in total. The lowest BCUT2D eigenvalue weighted by atomic mass is 10.1. The monoisotopic (exact) mass is 261 g/mol. The fraction of sp³-hybridized carbons (Fsp3) is 0.286. The highest BCUT2D eigenvalue weighted by Crippen LogP contribution is 2.16. The van der Waals surface area contributed by atoms with Crippen LogP contribution >= 0.6 is 0 Å². The van der Waals surface area contributed by atoms with Crippen LogP contribution < -0.4 is 10.6 Å². The van der Waals surface area contributed by atoms with Crippen molar-refractivity contribution in [3.8, 4) is 0 Å². The molecule has 0 fully saturated rings. The summed E-state index contributed by atoms with van der Waals surface area (Å²) in [6.07, 6.45) is 1.85. The molecule has 102 valence electrons. The highest BCUT2D eigenvalue weighted by atomic mass is 16.2. The molecule has 0 saturated heterocycles. The zero-order chi connectivity index (χ0) is 14.3. The first-order chi connectivity index (χ1) is 9.04. The molecule has 0 atom stereocenters. The number of likely N-dealkylation sites (N-methyl/N-ethyl adjacent to an activating group) is 1. The SMILES string of the molecule is C=CCNC(=O)Nc1ccccc1CC(=O)N(C)C. The zero-order valence-electron chi connectivity index (χ0n) is 11.3. The van der Waals surface area contributed by atoms with Crippen LogP contribution in [0.25, 0.3) is 0 Å². The van der Waals surface area contributed by atoms with Crippen LogP contribution in [0.15, 0.2) is 36.9 Å². The number of anilines is 1. The van der Waals surface area contributed by atoms with Crippen LogP contribution in [0, 0.1) is 0 Å². The van der Waals surface area contributed by atoms with Crippen molar-refractivity contribution in [2.75, 3.05) is 26.0 Å². The van der Waals surface area contributed by atoms with Crippen molar-refractivity contribution in [2.45, 2.75) is 6.42 Å². The number of urea groups is 1. The molecule has 0 aliphatic heterocycles. The van der Waals surface area contributed by atoms with Crippen molar-refractivity contribution in [3.63, 3.8) is 0 Å². The molecule has 0 unspecified atom stereocenters. The van der Waals surface area contributed by atoms with Gasteiger partial charge in [0, 0.05) is 26.3 Å². The van der Waals surface area contributed by atoms with Gasteiger partial charge in [-0.1, -0.05) is 24.3 Å². The van der Waals surface area contributed by atoms with E-state index in [1.54, 1.807) is 26.2 Å². The second-order valence-electron chi connectivity index (χ2n) is 4.25. The van der Waals surface area contributed by atoms with Crippen LogP contribution in [-0.2, 0) is 11.2 Å². The molecule has 0 spiro atoms. The average Bonchev–Trinajstić information content (AvgIpc) is 2.38. The van der Waals surface area contributed by atoms with E-state index < -0.39 is 0 Å². The minimum atomic E-state index is -0.315. The van der Waals surface area contributed by atoms with Gasteiger partial charge in [0.15, 0.2) is 0 Å². The van der Waals surface area contributed by atoms with Crippen molar-refractivity contribution in [2.24, 2.45) is 0 Å². The number of nitrogens with one attached hydrogen (secondary N) is 2. The molecule has 0 bridgehead atoms. The lowest BCUT2D eigenvalue weighted by Gasteiger charge is -2.14. The van der Waals surface area contributed by atoms with Gasteiger partial charge in [0.2, 0.25) is 5.91 Å². The fourth-order valence-electron chi connectivity index (χ4n) is 1.45. The number of hydrogen-bond donors (Lipinski definition) is 2. The number of hydrogen-bond acceptors (Lipinski definition) is 2. The van der Waals surface area contributed by atoms with Gasteiger partial charge < -0.3 is 15.5 Å². The van der Waals surface area contributed by atoms with E-state index in [9.17, 15) is 9.59 Å². The molecule has 3 amide bonds. The molecule has 2 N–H and O–H groups in total. The summed E-state index contributed by atoms with van der Waals surface area (Å²) in [5.74, 6) is -0.0132. The highest BCUT2D eigenvalue weighted by molar-refractivity contribution is 5.91. The van der Waals surface area contributed by atoms with Crippen molar-refractivity contribution < 1.29 is 9.59 Å². The number of para-hydroxylation sites is 1. The van der Waals surface area contributed by atoms with Gasteiger partial charge in [-0.15, -0.1) is 6.58 Å². The molecular formula is C14H19N3O2. The Morgan fingerprint density at radius 1 is 1.32 bits per heavy atom. The van der Waals surface area contributed by atoms with Crippen LogP contribution in [0.2, 0.25) is 0 Å². The molecular weight excluding hydrogens is 242 g/mol. The van der Waals surface area contributed by atoms with Gasteiger partial charge in [0.25, 0.3) is 0 Å². The maximum atomic E-state index is 11.7. The zero-order valence-corrected chi connectivity index (χ0v) is 11.3.